The zero-order valence-corrected chi connectivity index (χ0v) is 11.9. The molecule has 2 rings (SSSR count). The molecule has 21 heavy (non-hydrogen) atoms. The molecule has 6 heteroatoms. The molecule has 2 unspecified atom stereocenters. The molecule has 2 aliphatic rings. The number of rotatable bonds is 4. The molecule has 0 aromatic heterocycles. The fraction of sp³-hybridized carbons (Fsp3) is 0.733. The molecule has 4 N–H and O–H groups in total. The van der Waals surface area contributed by atoms with Crippen LogP contribution in [-0.2, 0) is 0 Å². The molecule has 3 nitrogen and oxygen atoms in total. The molecule has 0 amide bonds. The highest BCUT2D eigenvalue weighted by Gasteiger charge is 2.41. The number of hydrogen-bond donors (Lipinski definition) is 3. The van der Waals surface area contributed by atoms with Gasteiger partial charge >= 0.3 is 6.18 Å². The molecule has 0 aromatic carbocycles. The molecule has 0 aromatic rings. The van der Waals surface area contributed by atoms with Gasteiger partial charge in [0, 0.05) is 12.6 Å². The summed E-state index contributed by atoms with van der Waals surface area (Å²) in [4.78, 5) is 0. The zero-order valence-electron chi connectivity index (χ0n) is 11.9. The Labute approximate surface area is 123 Å². The second-order valence-electron chi connectivity index (χ2n) is 6.03. The van der Waals surface area contributed by atoms with E-state index < -0.39 is 18.3 Å². The summed E-state index contributed by atoms with van der Waals surface area (Å²) in [6.45, 7) is 0.545. The van der Waals surface area contributed by atoms with Gasteiger partial charge in [0.05, 0.1) is 5.92 Å². The average molecular weight is 304 g/mol. The molecule has 0 aliphatic heterocycles. The summed E-state index contributed by atoms with van der Waals surface area (Å²) in [6.07, 6.45) is 2.91. The van der Waals surface area contributed by atoms with Crippen LogP contribution in [-0.4, -0.2) is 30.1 Å². The number of nitrogens with one attached hydrogen (secondary N) is 1. The summed E-state index contributed by atoms with van der Waals surface area (Å²) in [5, 5.41) is 13.0. The van der Waals surface area contributed by atoms with Crippen molar-refractivity contribution in [2.45, 2.75) is 50.6 Å². The topological polar surface area (TPSA) is 58.3 Å². The first-order chi connectivity index (χ1) is 9.86. The van der Waals surface area contributed by atoms with Crippen LogP contribution in [0.15, 0.2) is 23.8 Å². The minimum atomic E-state index is -4.06. The first-order valence-corrected chi connectivity index (χ1v) is 7.48. The number of aliphatic hydroxyl groups excluding tert-OH is 1. The monoisotopic (exact) mass is 304 g/mol. The summed E-state index contributed by atoms with van der Waals surface area (Å²) in [5.41, 5.74) is 6.49. The molecule has 120 valence electrons. The maximum absolute atomic E-state index is 12.6. The molecule has 0 radical (unpaired) electrons. The molecule has 1 fully saturated rings. The predicted molar refractivity (Wildman–Crippen MR) is 75.3 cm³/mol. The van der Waals surface area contributed by atoms with Crippen LogP contribution >= 0.6 is 0 Å². The van der Waals surface area contributed by atoms with Crippen molar-refractivity contribution in [2.75, 3.05) is 6.54 Å². The van der Waals surface area contributed by atoms with Gasteiger partial charge in [-0.15, -0.1) is 0 Å². The lowest BCUT2D eigenvalue weighted by Gasteiger charge is -2.30. The average Bonchev–Trinajstić information content (AvgIpc) is 2.45. The minimum absolute atomic E-state index is 0.00130. The van der Waals surface area contributed by atoms with Crippen molar-refractivity contribution in [2.24, 2.45) is 17.6 Å². The van der Waals surface area contributed by atoms with Crippen LogP contribution in [0.5, 0.6) is 0 Å². The van der Waals surface area contributed by atoms with Crippen LogP contribution < -0.4 is 11.1 Å². The van der Waals surface area contributed by atoms with Crippen LogP contribution in [0.3, 0.4) is 0 Å². The van der Waals surface area contributed by atoms with Gasteiger partial charge in [-0.3, -0.25) is 5.32 Å². The standard InChI is InChI=1S/C15H23F3N2O/c16-15(17,18)12-5-1-10(2-6-12)9-20-14(21)11-3-7-13(19)8-4-11/h3-4,7,10,12-14,20-21H,1-2,5-6,8-9,19H2. The SMILES string of the molecule is NC1C=CC(C(O)NCC2CCC(C(F)(F)F)CC2)=CC1. The van der Waals surface area contributed by atoms with Crippen LogP contribution in [0.2, 0.25) is 0 Å². The number of nitrogens with two attached hydrogens (primary N) is 1. The van der Waals surface area contributed by atoms with E-state index in [-0.39, 0.29) is 24.8 Å². The summed E-state index contributed by atoms with van der Waals surface area (Å²) in [5.74, 6) is -0.946. The number of alkyl halides is 3. The number of halogens is 3. The normalized spacial score (nSPS) is 31.9. The third kappa shape index (κ3) is 4.83. The molecular formula is C15H23F3N2O. The third-order valence-electron chi connectivity index (χ3n) is 4.39. The lowest BCUT2D eigenvalue weighted by Crippen LogP contribution is -2.37. The van der Waals surface area contributed by atoms with Crippen molar-refractivity contribution < 1.29 is 18.3 Å². The Kier molecular flexibility index (Phi) is 5.46. The summed E-state index contributed by atoms with van der Waals surface area (Å²) < 4.78 is 37.7. The maximum atomic E-state index is 12.6. The molecule has 2 atom stereocenters. The minimum Gasteiger partial charge on any atom is -0.374 e. The van der Waals surface area contributed by atoms with Gasteiger partial charge in [-0.25, -0.2) is 0 Å². The Morgan fingerprint density at radius 2 is 1.95 bits per heavy atom. The molecule has 1 saturated carbocycles. The van der Waals surface area contributed by atoms with Crippen LogP contribution in [0.1, 0.15) is 32.1 Å². The van der Waals surface area contributed by atoms with Crippen molar-refractivity contribution >= 4 is 0 Å². The first kappa shape index (κ1) is 16.5. The predicted octanol–water partition coefficient (Wildman–Crippen LogP) is 2.48. The van der Waals surface area contributed by atoms with Gasteiger partial charge in [-0.2, -0.15) is 13.2 Å². The lowest BCUT2D eigenvalue weighted by atomic mass is 9.81. The number of hydrogen-bond acceptors (Lipinski definition) is 3. The van der Waals surface area contributed by atoms with Crippen molar-refractivity contribution in [1.29, 1.82) is 0 Å². The van der Waals surface area contributed by atoms with Crippen molar-refractivity contribution in [3.63, 3.8) is 0 Å². The smallest absolute Gasteiger partial charge is 0.374 e. The van der Waals surface area contributed by atoms with Gasteiger partial charge in [0.1, 0.15) is 6.23 Å². The highest BCUT2D eigenvalue weighted by Crippen LogP contribution is 2.39. The van der Waals surface area contributed by atoms with Crippen molar-refractivity contribution in [3.05, 3.63) is 23.8 Å². The number of aliphatic hydroxyl groups is 1. The van der Waals surface area contributed by atoms with Gasteiger partial charge in [0.15, 0.2) is 0 Å². The van der Waals surface area contributed by atoms with E-state index in [2.05, 4.69) is 5.32 Å². The molecule has 0 spiro atoms. The van der Waals surface area contributed by atoms with Gasteiger partial charge in [0.25, 0.3) is 0 Å². The Morgan fingerprint density at radius 1 is 1.29 bits per heavy atom. The van der Waals surface area contributed by atoms with E-state index >= 15 is 0 Å². The van der Waals surface area contributed by atoms with E-state index in [9.17, 15) is 18.3 Å². The molecule has 0 saturated heterocycles. The van der Waals surface area contributed by atoms with E-state index in [0.29, 0.717) is 25.8 Å². The van der Waals surface area contributed by atoms with Gasteiger partial charge in [-0.05, 0) is 43.6 Å². The zero-order chi connectivity index (χ0) is 15.5. The van der Waals surface area contributed by atoms with E-state index in [1.54, 1.807) is 6.08 Å². The molecular weight excluding hydrogens is 281 g/mol. The lowest BCUT2D eigenvalue weighted by molar-refractivity contribution is -0.183. The molecule has 0 bridgehead atoms. The molecule has 2 aliphatic carbocycles. The summed E-state index contributed by atoms with van der Waals surface area (Å²) in [7, 11) is 0. The third-order valence-corrected chi connectivity index (χ3v) is 4.39. The van der Waals surface area contributed by atoms with Crippen molar-refractivity contribution in [1.82, 2.24) is 5.32 Å². The van der Waals surface area contributed by atoms with Crippen LogP contribution in [0, 0.1) is 11.8 Å². The Morgan fingerprint density at radius 3 is 2.48 bits per heavy atom. The van der Waals surface area contributed by atoms with E-state index in [0.717, 1.165) is 5.57 Å². The van der Waals surface area contributed by atoms with Crippen LogP contribution in [0.4, 0.5) is 13.2 Å². The Bertz CT molecular complexity index is 398. The second-order valence-corrected chi connectivity index (χ2v) is 6.03. The fourth-order valence-corrected chi connectivity index (χ4v) is 2.95. The summed E-state index contributed by atoms with van der Waals surface area (Å²) in [6, 6.07) is -0.00130. The van der Waals surface area contributed by atoms with E-state index in [4.69, 9.17) is 5.73 Å². The van der Waals surface area contributed by atoms with Crippen molar-refractivity contribution in [3.8, 4) is 0 Å². The van der Waals surface area contributed by atoms with E-state index in [1.807, 2.05) is 12.2 Å². The first-order valence-electron chi connectivity index (χ1n) is 7.48. The van der Waals surface area contributed by atoms with Gasteiger partial charge in [-0.1, -0.05) is 18.2 Å². The van der Waals surface area contributed by atoms with Crippen LogP contribution in [0.25, 0.3) is 0 Å². The quantitative estimate of drug-likeness (QED) is 0.699. The van der Waals surface area contributed by atoms with Gasteiger partial charge < -0.3 is 10.8 Å². The fourth-order valence-electron chi connectivity index (χ4n) is 2.95. The maximum Gasteiger partial charge on any atom is 0.391 e. The van der Waals surface area contributed by atoms with Gasteiger partial charge in [0.2, 0.25) is 0 Å². The second kappa shape index (κ2) is 6.94. The Balaban J connectivity index is 1.71. The van der Waals surface area contributed by atoms with E-state index in [1.165, 1.54) is 0 Å². The largest absolute Gasteiger partial charge is 0.391 e. The Hall–Kier alpha value is -0.850. The summed E-state index contributed by atoms with van der Waals surface area (Å²) >= 11 is 0. The highest BCUT2D eigenvalue weighted by atomic mass is 19.4. The molecule has 0 heterocycles. The highest BCUT2D eigenvalue weighted by molar-refractivity contribution is 5.27.